The number of aromatic nitrogens is 2. The Kier molecular flexibility index (Phi) is 4.45. The van der Waals surface area contributed by atoms with Crippen molar-refractivity contribution in [2.75, 3.05) is 27.3 Å². The Balaban J connectivity index is 2.27. The van der Waals surface area contributed by atoms with Gasteiger partial charge in [0.15, 0.2) is 5.65 Å². The lowest BCUT2D eigenvalue weighted by molar-refractivity contribution is 0.158. The summed E-state index contributed by atoms with van der Waals surface area (Å²) in [7, 11) is 3.79. The first kappa shape index (κ1) is 14.3. The topological polar surface area (TPSA) is 29.8 Å². The maximum Gasteiger partial charge on any atom is 0.156 e. The van der Waals surface area contributed by atoms with Gasteiger partial charge in [-0.1, -0.05) is 11.6 Å². The molecule has 0 aliphatic rings. The maximum absolute atomic E-state index is 6.31. The smallest absolute Gasteiger partial charge is 0.156 e. The Bertz CT molecular complexity index is 580. The highest BCUT2D eigenvalue weighted by Crippen LogP contribution is 2.22. The highest BCUT2D eigenvalue weighted by atomic mass is 35.5. The van der Waals surface area contributed by atoms with E-state index in [0.29, 0.717) is 5.02 Å². The summed E-state index contributed by atoms with van der Waals surface area (Å²) in [5.41, 5.74) is 4.17. The van der Waals surface area contributed by atoms with Crippen LogP contribution in [0.15, 0.2) is 12.3 Å². The number of likely N-dealkylation sites (N-methyl/N-ethyl adjacent to an activating group) is 1. The normalized spacial score (nSPS) is 11.7. The van der Waals surface area contributed by atoms with Gasteiger partial charge in [-0.05, 0) is 32.5 Å². The molecule has 0 radical (unpaired) electrons. The summed E-state index contributed by atoms with van der Waals surface area (Å²) in [6.45, 7) is 6.53. The molecule has 0 unspecified atom stereocenters. The van der Waals surface area contributed by atoms with Crippen LogP contribution in [0.1, 0.15) is 17.0 Å². The van der Waals surface area contributed by atoms with Crippen molar-refractivity contribution in [1.29, 1.82) is 0 Å². The summed E-state index contributed by atoms with van der Waals surface area (Å²) in [5, 5.41) is 0.703. The fourth-order valence-electron chi connectivity index (χ4n) is 2.11. The van der Waals surface area contributed by atoms with Crippen LogP contribution in [-0.4, -0.2) is 41.6 Å². The summed E-state index contributed by atoms with van der Waals surface area (Å²) in [4.78, 5) is 6.69. The number of methoxy groups -OCH3 is 1. The Morgan fingerprint density at radius 1 is 1.42 bits per heavy atom. The average molecular weight is 282 g/mol. The van der Waals surface area contributed by atoms with Gasteiger partial charge in [0.05, 0.1) is 17.3 Å². The Labute approximate surface area is 119 Å². The van der Waals surface area contributed by atoms with Crippen LogP contribution in [0.25, 0.3) is 5.65 Å². The molecule has 2 aromatic rings. The molecule has 0 spiro atoms. The molecule has 4 nitrogen and oxygen atoms in total. The molecule has 2 heterocycles. The number of nitrogens with zero attached hydrogens (tertiary/aromatic N) is 3. The summed E-state index contributed by atoms with van der Waals surface area (Å²) in [6, 6.07) is 1.99. The predicted molar refractivity (Wildman–Crippen MR) is 77.9 cm³/mol. The second-order valence-corrected chi connectivity index (χ2v) is 5.31. The van der Waals surface area contributed by atoms with Crippen LogP contribution in [0.2, 0.25) is 5.02 Å². The van der Waals surface area contributed by atoms with Crippen molar-refractivity contribution in [3.05, 3.63) is 34.2 Å². The average Bonchev–Trinajstić information content (AvgIpc) is 2.65. The van der Waals surface area contributed by atoms with Gasteiger partial charge in [0.25, 0.3) is 0 Å². The van der Waals surface area contributed by atoms with E-state index in [1.807, 2.05) is 13.0 Å². The molecule has 0 saturated carbocycles. The molecule has 0 saturated heterocycles. The third-order valence-corrected chi connectivity index (χ3v) is 3.62. The molecule has 5 heteroatoms. The SMILES string of the molecule is COCCN(C)Cc1cc(Cl)c2nc(C)c(C)n2c1. The molecule has 0 aliphatic heterocycles. The molecule has 2 aromatic heterocycles. The van der Waals surface area contributed by atoms with Gasteiger partial charge in [0, 0.05) is 32.1 Å². The minimum absolute atomic E-state index is 0.703. The van der Waals surface area contributed by atoms with Crippen LogP contribution in [0, 0.1) is 13.8 Å². The first-order valence-corrected chi connectivity index (χ1v) is 6.72. The molecule has 2 rings (SSSR count). The molecular formula is C14H20ClN3O. The molecule has 0 bridgehead atoms. The number of halogens is 1. The number of rotatable bonds is 5. The standard InChI is InChI=1S/C14H20ClN3O/c1-10-11(2)18-9-12(7-13(15)14(18)16-10)8-17(3)5-6-19-4/h7,9H,5-6,8H2,1-4H3. The van der Waals surface area contributed by atoms with E-state index in [4.69, 9.17) is 16.3 Å². The van der Waals surface area contributed by atoms with Gasteiger partial charge in [-0.25, -0.2) is 4.98 Å². The molecule has 19 heavy (non-hydrogen) atoms. The lowest BCUT2D eigenvalue weighted by Gasteiger charge is -2.16. The van der Waals surface area contributed by atoms with Crippen LogP contribution in [0.5, 0.6) is 0 Å². The Morgan fingerprint density at radius 3 is 2.84 bits per heavy atom. The second-order valence-electron chi connectivity index (χ2n) is 4.90. The molecule has 0 aliphatic carbocycles. The number of imidazole rings is 1. The van der Waals surface area contributed by atoms with Gasteiger partial charge in [0.2, 0.25) is 0 Å². The largest absolute Gasteiger partial charge is 0.383 e. The predicted octanol–water partition coefficient (Wildman–Crippen LogP) is 2.68. The number of fused-ring (bicyclic) bond motifs is 1. The monoisotopic (exact) mass is 281 g/mol. The maximum atomic E-state index is 6.31. The van der Waals surface area contributed by atoms with Crippen molar-refractivity contribution in [3.63, 3.8) is 0 Å². The van der Waals surface area contributed by atoms with Gasteiger partial charge in [-0.3, -0.25) is 4.90 Å². The zero-order valence-electron chi connectivity index (χ0n) is 11.9. The molecule has 0 aromatic carbocycles. The zero-order valence-corrected chi connectivity index (χ0v) is 12.7. The van der Waals surface area contributed by atoms with Gasteiger partial charge in [-0.2, -0.15) is 0 Å². The third kappa shape index (κ3) is 3.08. The summed E-state index contributed by atoms with van der Waals surface area (Å²) in [6.07, 6.45) is 2.11. The van der Waals surface area contributed by atoms with Crippen LogP contribution in [0.4, 0.5) is 0 Å². The van der Waals surface area contributed by atoms with E-state index in [9.17, 15) is 0 Å². The van der Waals surface area contributed by atoms with Crippen molar-refractivity contribution in [3.8, 4) is 0 Å². The Hall–Kier alpha value is -1.10. The molecule has 0 amide bonds. The van der Waals surface area contributed by atoms with Gasteiger partial charge in [0.1, 0.15) is 0 Å². The fraction of sp³-hybridized carbons (Fsp3) is 0.500. The van der Waals surface area contributed by atoms with E-state index in [0.717, 1.165) is 36.7 Å². The van der Waals surface area contributed by atoms with Crippen LogP contribution >= 0.6 is 11.6 Å². The highest BCUT2D eigenvalue weighted by Gasteiger charge is 2.10. The molecule has 104 valence electrons. The van der Waals surface area contributed by atoms with E-state index in [-0.39, 0.29) is 0 Å². The first-order valence-electron chi connectivity index (χ1n) is 6.34. The van der Waals surface area contributed by atoms with Crippen LogP contribution in [0.3, 0.4) is 0 Å². The van der Waals surface area contributed by atoms with Crippen LogP contribution < -0.4 is 0 Å². The van der Waals surface area contributed by atoms with Crippen molar-refractivity contribution < 1.29 is 4.74 Å². The summed E-state index contributed by atoms with van der Waals surface area (Å²) < 4.78 is 7.15. The number of hydrogen-bond acceptors (Lipinski definition) is 3. The van der Waals surface area contributed by atoms with Crippen molar-refractivity contribution in [1.82, 2.24) is 14.3 Å². The van der Waals surface area contributed by atoms with Crippen molar-refractivity contribution in [2.24, 2.45) is 0 Å². The zero-order chi connectivity index (χ0) is 14.0. The van der Waals surface area contributed by atoms with Crippen molar-refractivity contribution in [2.45, 2.75) is 20.4 Å². The quantitative estimate of drug-likeness (QED) is 0.844. The minimum Gasteiger partial charge on any atom is -0.383 e. The third-order valence-electron chi connectivity index (χ3n) is 3.34. The first-order chi connectivity index (χ1) is 9.02. The van der Waals surface area contributed by atoms with E-state index in [2.05, 4.69) is 34.5 Å². The number of ether oxygens (including phenoxy) is 1. The van der Waals surface area contributed by atoms with E-state index in [1.165, 1.54) is 5.56 Å². The lowest BCUT2D eigenvalue weighted by atomic mass is 10.2. The fourth-order valence-corrected chi connectivity index (χ4v) is 2.38. The van der Waals surface area contributed by atoms with Gasteiger partial charge >= 0.3 is 0 Å². The van der Waals surface area contributed by atoms with Crippen LogP contribution in [-0.2, 0) is 11.3 Å². The van der Waals surface area contributed by atoms with E-state index >= 15 is 0 Å². The highest BCUT2D eigenvalue weighted by molar-refractivity contribution is 6.33. The second kappa shape index (κ2) is 5.90. The van der Waals surface area contributed by atoms with Gasteiger partial charge in [-0.15, -0.1) is 0 Å². The molecular weight excluding hydrogens is 262 g/mol. The number of hydrogen-bond donors (Lipinski definition) is 0. The summed E-state index contributed by atoms with van der Waals surface area (Å²) >= 11 is 6.31. The lowest BCUT2D eigenvalue weighted by Crippen LogP contribution is -2.22. The summed E-state index contributed by atoms with van der Waals surface area (Å²) in [5.74, 6) is 0. The minimum atomic E-state index is 0.703. The Morgan fingerprint density at radius 2 is 2.16 bits per heavy atom. The molecule has 0 atom stereocenters. The van der Waals surface area contributed by atoms with E-state index < -0.39 is 0 Å². The van der Waals surface area contributed by atoms with Gasteiger partial charge < -0.3 is 9.14 Å². The van der Waals surface area contributed by atoms with E-state index in [1.54, 1.807) is 7.11 Å². The molecule has 0 fully saturated rings. The molecule has 0 N–H and O–H groups in total. The number of aryl methyl sites for hydroxylation is 2. The number of pyridine rings is 1. The van der Waals surface area contributed by atoms with Crippen molar-refractivity contribution >= 4 is 17.2 Å².